The van der Waals surface area contributed by atoms with Crippen molar-refractivity contribution in [1.82, 2.24) is 15.6 Å². The minimum Gasteiger partial charge on any atom is -0.352 e. The monoisotopic (exact) mass is 227 g/mol. The van der Waals surface area contributed by atoms with Crippen LogP contribution < -0.4 is 10.6 Å². The summed E-state index contributed by atoms with van der Waals surface area (Å²) in [6, 6.07) is 1.61. The van der Waals surface area contributed by atoms with E-state index in [2.05, 4.69) is 15.6 Å². The van der Waals surface area contributed by atoms with Gasteiger partial charge in [-0.2, -0.15) is 0 Å². The van der Waals surface area contributed by atoms with Crippen LogP contribution in [0.25, 0.3) is 0 Å². The summed E-state index contributed by atoms with van der Waals surface area (Å²) in [6.45, 7) is 1.52. The largest absolute Gasteiger partial charge is 0.352 e. The Labute approximate surface area is 94.0 Å². The van der Waals surface area contributed by atoms with Crippen molar-refractivity contribution in [2.75, 3.05) is 20.1 Å². The molecule has 0 atom stereocenters. The van der Waals surface area contributed by atoms with Gasteiger partial charge in [-0.1, -0.05) is 11.6 Å². The topological polar surface area (TPSA) is 54.0 Å². The van der Waals surface area contributed by atoms with Crippen molar-refractivity contribution in [2.24, 2.45) is 0 Å². The van der Waals surface area contributed by atoms with Crippen LogP contribution in [0.4, 0.5) is 0 Å². The van der Waals surface area contributed by atoms with E-state index in [9.17, 15) is 4.79 Å². The van der Waals surface area contributed by atoms with Crippen LogP contribution in [0.5, 0.6) is 0 Å². The first kappa shape index (κ1) is 11.9. The standard InChI is InChI=1S/C10H14ClN3O/c1-12-4-2-5-14-10(15)8-3-6-13-7-9(8)11/h3,6-7,12H,2,4-5H2,1H3,(H,14,15). The first-order chi connectivity index (χ1) is 7.25. The maximum atomic E-state index is 11.6. The molecule has 0 aliphatic heterocycles. The molecule has 1 aromatic heterocycles. The molecule has 1 rings (SSSR count). The van der Waals surface area contributed by atoms with Gasteiger partial charge in [-0.3, -0.25) is 9.78 Å². The quantitative estimate of drug-likeness (QED) is 0.740. The number of aromatic nitrogens is 1. The summed E-state index contributed by atoms with van der Waals surface area (Å²) in [5, 5.41) is 6.17. The van der Waals surface area contributed by atoms with E-state index in [-0.39, 0.29) is 5.91 Å². The van der Waals surface area contributed by atoms with Crippen LogP contribution in [0, 0.1) is 0 Å². The van der Waals surface area contributed by atoms with E-state index >= 15 is 0 Å². The third-order valence-corrected chi connectivity index (χ3v) is 2.21. The van der Waals surface area contributed by atoms with Gasteiger partial charge in [0.2, 0.25) is 0 Å². The number of rotatable bonds is 5. The van der Waals surface area contributed by atoms with Crippen molar-refractivity contribution >= 4 is 17.5 Å². The molecular weight excluding hydrogens is 214 g/mol. The van der Waals surface area contributed by atoms with Crippen LogP contribution in [0.15, 0.2) is 18.5 Å². The van der Waals surface area contributed by atoms with Crippen LogP contribution in [0.1, 0.15) is 16.8 Å². The van der Waals surface area contributed by atoms with Crippen LogP contribution >= 0.6 is 11.6 Å². The zero-order chi connectivity index (χ0) is 11.1. The molecule has 0 aliphatic rings. The van der Waals surface area contributed by atoms with E-state index in [1.165, 1.54) is 6.20 Å². The van der Waals surface area contributed by atoms with Crippen LogP contribution in [-0.2, 0) is 0 Å². The number of hydrogen-bond donors (Lipinski definition) is 2. The number of nitrogens with one attached hydrogen (secondary N) is 2. The molecule has 0 aromatic carbocycles. The normalized spacial score (nSPS) is 10.0. The Morgan fingerprint density at radius 2 is 2.33 bits per heavy atom. The molecule has 5 heteroatoms. The fourth-order valence-corrected chi connectivity index (χ4v) is 1.33. The van der Waals surface area contributed by atoms with Gasteiger partial charge in [0.25, 0.3) is 5.91 Å². The smallest absolute Gasteiger partial charge is 0.252 e. The first-order valence-electron chi connectivity index (χ1n) is 4.78. The molecule has 0 spiro atoms. The molecule has 1 heterocycles. The molecule has 1 amide bonds. The van der Waals surface area contributed by atoms with Crippen LogP contribution in [-0.4, -0.2) is 31.0 Å². The average molecular weight is 228 g/mol. The maximum absolute atomic E-state index is 11.6. The Morgan fingerprint density at radius 1 is 1.53 bits per heavy atom. The molecule has 1 aromatic rings. The number of carbonyl (C=O) groups excluding carboxylic acids is 1. The highest BCUT2D eigenvalue weighted by Crippen LogP contribution is 2.12. The Balaban J connectivity index is 2.44. The number of halogens is 1. The number of carbonyl (C=O) groups is 1. The summed E-state index contributed by atoms with van der Waals surface area (Å²) >= 11 is 5.82. The third-order valence-electron chi connectivity index (χ3n) is 1.91. The molecule has 4 nitrogen and oxygen atoms in total. The molecule has 82 valence electrons. The Bertz CT molecular complexity index is 330. The van der Waals surface area contributed by atoms with Gasteiger partial charge in [-0.15, -0.1) is 0 Å². The van der Waals surface area contributed by atoms with Gasteiger partial charge in [0, 0.05) is 18.9 Å². The molecule has 0 bridgehead atoms. The lowest BCUT2D eigenvalue weighted by Gasteiger charge is -2.05. The second-order valence-electron chi connectivity index (χ2n) is 3.07. The highest BCUT2D eigenvalue weighted by molar-refractivity contribution is 6.33. The van der Waals surface area contributed by atoms with Gasteiger partial charge in [0.15, 0.2) is 0 Å². The molecule has 0 saturated heterocycles. The fourth-order valence-electron chi connectivity index (χ4n) is 1.12. The molecule has 0 saturated carbocycles. The predicted molar refractivity (Wildman–Crippen MR) is 60.1 cm³/mol. The lowest BCUT2D eigenvalue weighted by atomic mass is 10.2. The van der Waals surface area contributed by atoms with Crippen molar-refractivity contribution < 1.29 is 4.79 Å². The molecule has 0 unspecified atom stereocenters. The van der Waals surface area contributed by atoms with Crippen molar-refractivity contribution in [3.8, 4) is 0 Å². The van der Waals surface area contributed by atoms with E-state index in [1.54, 1.807) is 12.3 Å². The van der Waals surface area contributed by atoms with E-state index in [0.29, 0.717) is 17.1 Å². The summed E-state index contributed by atoms with van der Waals surface area (Å²) in [5.74, 6) is -0.154. The van der Waals surface area contributed by atoms with Crippen molar-refractivity contribution in [2.45, 2.75) is 6.42 Å². The number of pyridine rings is 1. The van der Waals surface area contributed by atoms with Gasteiger partial charge < -0.3 is 10.6 Å². The maximum Gasteiger partial charge on any atom is 0.252 e. The minimum atomic E-state index is -0.154. The van der Waals surface area contributed by atoms with E-state index in [4.69, 9.17) is 11.6 Å². The van der Waals surface area contributed by atoms with Gasteiger partial charge >= 0.3 is 0 Å². The van der Waals surface area contributed by atoms with Gasteiger partial charge in [-0.25, -0.2) is 0 Å². The van der Waals surface area contributed by atoms with Crippen molar-refractivity contribution in [1.29, 1.82) is 0 Å². The van der Waals surface area contributed by atoms with Crippen molar-refractivity contribution in [3.05, 3.63) is 29.0 Å². The van der Waals surface area contributed by atoms with Gasteiger partial charge in [0.1, 0.15) is 0 Å². The van der Waals surface area contributed by atoms with Gasteiger partial charge in [-0.05, 0) is 26.1 Å². The Morgan fingerprint density at radius 3 is 3.00 bits per heavy atom. The molecule has 0 radical (unpaired) electrons. The second-order valence-corrected chi connectivity index (χ2v) is 3.48. The molecule has 0 fully saturated rings. The first-order valence-corrected chi connectivity index (χ1v) is 5.16. The zero-order valence-electron chi connectivity index (χ0n) is 8.59. The van der Waals surface area contributed by atoms with Crippen LogP contribution in [0.3, 0.4) is 0 Å². The lowest BCUT2D eigenvalue weighted by molar-refractivity contribution is 0.0953. The molecular formula is C10H14ClN3O. The average Bonchev–Trinajstić information content (AvgIpc) is 2.25. The van der Waals surface area contributed by atoms with Crippen LogP contribution in [0.2, 0.25) is 5.02 Å². The molecule has 0 aliphatic carbocycles. The predicted octanol–water partition coefficient (Wildman–Crippen LogP) is 1.07. The van der Waals surface area contributed by atoms with Crippen molar-refractivity contribution in [3.63, 3.8) is 0 Å². The summed E-state index contributed by atoms with van der Waals surface area (Å²) in [6.07, 6.45) is 3.91. The second kappa shape index (κ2) is 6.37. The summed E-state index contributed by atoms with van der Waals surface area (Å²) < 4.78 is 0. The number of amides is 1. The minimum absolute atomic E-state index is 0.154. The highest BCUT2D eigenvalue weighted by atomic mass is 35.5. The Kier molecular flexibility index (Phi) is 5.07. The molecule has 2 N–H and O–H groups in total. The van der Waals surface area contributed by atoms with E-state index in [0.717, 1.165) is 13.0 Å². The highest BCUT2D eigenvalue weighted by Gasteiger charge is 2.08. The van der Waals surface area contributed by atoms with Gasteiger partial charge in [0.05, 0.1) is 10.6 Å². The lowest BCUT2D eigenvalue weighted by Crippen LogP contribution is -2.26. The number of nitrogens with zero attached hydrogens (tertiary/aromatic N) is 1. The third kappa shape index (κ3) is 3.85. The summed E-state index contributed by atoms with van der Waals surface area (Å²) in [5.41, 5.74) is 0.469. The Hall–Kier alpha value is -1.13. The molecule has 15 heavy (non-hydrogen) atoms. The summed E-state index contributed by atoms with van der Waals surface area (Å²) in [7, 11) is 1.88. The van der Waals surface area contributed by atoms with E-state index < -0.39 is 0 Å². The number of hydrogen-bond acceptors (Lipinski definition) is 3. The fraction of sp³-hybridized carbons (Fsp3) is 0.400. The summed E-state index contributed by atoms with van der Waals surface area (Å²) in [4.78, 5) is 15.4. The van der Waals surface area contributed by atoms with E-state index in [1.807, 2.05) is 7.05 Å². The SMILES string of the molecule is CNCCCNC(=O)c1ccncc1Cl. The zero-order valence-corrected chi connectivity index (χ0v) is 9.34.